The average Bonchev–Trinajstić information content (AvgIpc) is 2.71. The van der Waals surface area contributed by atoms with Crippen LogP contribution < -0.4 is 0 Å². The molecular formula is C10H13NO3. The van der Waals surface area contributed by atoms with E-state index in [1.165, 1.54) is 12.8 Å². The molecular weight excluding hydrogens is 182 g/mol. The predicted molar refractivity (Wildman–Crippen MR) is 49.3 cm³/mol. The lowest BCUT2D eigenvalue weighted by Gasteiger charge is -2.18. The molecule has 0 aromatic carbocycles. The summed E-state index contributed by atoms with van der Waals surface area (Å²) in [6.07, 6.45) is 6.02. The molecule has 0 saturated heterocycles. The van der Waals surface area contributed by atoms with Gasteiger partial charge in [-0.3, -0.25) is 0 Å². The summed E-state index contributed by atoms with van der Waals surface area (Å²) in [5, 5.41) is 8.67. The molecule has 1 fully saturated rings. The van der Waals surface area contributed by atoms with Crippen molar-refractivity contribution in [2.75, 3.05) is 0 Å². The number of aromatic nitrogens is 1. The van der Waals surface area contributed by atoms with Gasteiger partial charge in [0.15, 0.2) is 0 Å². The molecule has 1 N–H and O–H groups in total. The molecule has 0 amide bonds. The van der Waals surface area contributed by atoms with Crippen LogP contribution in [0.2, 0.25) is 0 Å². The Kier molecular flexibility index (Phi) is 2.06. The molecule has 14 heavy (non-hydrogen) atoms. The number of aromatic carboxylic acids is 1. The van der Waals surface area contributed by atoms with E-state index in [9.17, 15) is 4.79 Å². The second-order valence-corrected chi connectivity index (χ2v) is 4.10. The highest BCUT2D eigenvalue weighted by atomic mass is 16.4. The largest absolute Gasteiger partial charge is 0.474 e. The van der Waals surface area contributed by atoms with Crippen LogP contribution in [0.4, 0.5) is 0 Å². The highest BCUT2D eigenvalue weighted by Gasteiger charge is 2.34. The van der Waals surface area contributed by atoms with Gasteiger partial charge in [0.2, 0.25) is 0 Å². The van der Waals surface area contributed by atoms with Crippen molar-refractivity contribution < 1.29 is 14.3 Å². The summed E-state index contributed by atoms with van der Waals surface area (Å²) in [7, 11) is 0. The zero-order valence-corrected chi connectivity index (χ0v) is 8.12. The molecule has 2 rings (SSSR count). The van der Waals surface area contributed by atoms with Crippen molar-refractivity contribution in [1.29, 1.82) is 0 Å². The molecule has 1 aromatic heterocycles. The molecule has 0 aliphatic heterocycles. The number of rotatable bonds is 2. The van der Waals surface area contributed by atoms with E-state index in [0.717, 1.165) is 12.8 Å². The first-order chi connectivity index (χ1) is 6.62. The van der Waals surface area contributed by atoms with E-state index in [0.29, 0.717) is 5.76 Å². The van der Waals surface area contributed by atoms with Crippen LogP contribution >= 0.6 is 0 Å². The smallest absolute Gasteiger partial charge is 0.392 e. The number of oxazole rings is 1. The summed E-state index contributed by atoms with van der Waals surface area (Å²) < 4.78 is 5.22. The minimum Gasteiger partial charge on any atom is -0.474 e. The third-order valence-electron chi connectivity index (χ3n) is 2.99. The predicted octanol–water partition coefficient (Wildman–Crippen LogP) is 2.20. The Labute approximate surface area is 81.9 Å². The van der Waals surface area contributed by atoms with E-state index in [2.05, 4.69) is 11.9 Å². The zero-order valence-electron chi connectivity index (χ0n) is 8.12. The van der Waals surface area contributed by atoms with E-state index in [4.69, 9.17) is 9.52 Å². The first-order valence-corrected chi connectivity index (χ1v) is 4.81. The van der Waals surface area contributed by atoms with Gasteiger partial charge in [-0.25, -0.2) is 9.78 Å². The number of hydrogen-bond acceptors (Lipinski definition) is 3. The Morgan fingerprint density at radius 3 is 2.71 bits per heavy atom. The fraction of sp³-hybridized carbons (Fsp3) is 0.600. The van der Waals surface area contributed by atoms with Gasteiger partial charge in [-0.05, 0) is 12.8 Å². The molecule has 0 spiro atoms. The van der Waals surface area contributed by atoms with E-state index in [1.807, 2.05) is 0 Å². The van der Waals surface area contributed by atoms with Crippen LogP contribution in [0, 0.1) is 0 Å². The second-order valence-electron chi connectivity index (χ2n) is 4.10. The molecule has 0 atom stereocenters. The Balaban J connectivity index is 2.28. The zero-order chi connectivity index (χ0) is 10.2. The van der Waals surface area contributed by atoms with Gasteiger partial charge >= 0.3 is 11.9 Å². The number of carbonyl (C=O) groups is 1. The van der Waals surface area contributed by atoms with E-state index in [-0.39, 0.29) is 11.3 Å². The van der Waals surface area contributed by atoms with Crippen molar-refractivity contribution in [3.05, 3.63) is 17.8 Å². The summed E-state index contributed by atoms with van der Waals surface area (Å²) in [6, 6.07) is 0. The van der Waals surface area contributed by atoms with Gasteiger partial charge in [0, 0.05) is 5.41 Å². The second kappa shape index (κ2) is 3.12. The number of carboxylic acids is 1. The molecule has 0 radical (unpaired) electrons. The minimum atomic E-state index is -1.10. The highest BCUT2D eigenvalue weighted by molar-refractivity contribution is 5.82. The van der Waals surface area contributed by atoms with Gasteiger partial charge in [0.1, 0.15) is 5.76 Å². The number of carboxylic acid groups (broad SMARTS) is 1. The number of hydrogen-bond donors (Lipinski definition) is 1. The fourth-order valence-corrected chi connectivity index (χ4v) is 2.05. The quantitative estimate of drug-likeness (QED) is 0.785. The summed E-state index contributed by atoms with van der Waals surface area (Å²) in [4.78, 5) is 14.3. The van der Waals surface area contributed by atoms with Gasteiger partial charge in [0.25, 0.3) is 0 Å². The molecule has 1 heterocycles. The van der Waals surface area contributed by atoms with Crippen molar-refractivity contribution in [1.82, 2.24) is 4.98 Å². The summed E-state index contributed by atoms with van der Waals surface area (Å²) in [6.45, 7) is 2.10. The third kappa shape index (κ3) is 1.41. The Morgan fingerprint density at radius 2 is 2.21 bits per heavy atom. The van der Waals surface area contributed by atoms with Crippen LogP contribution in [0.1, 0.15) is 49.1 Å². The van der Waals surface area contributed by atoms with Crippen LogP contribution in [0.25, 0.3) is 0 Å². The first kappa shape index (κ1) is 9.24. The Morgan fingerprint density at radius 1 is 1.57 bits per heavy atom. The third-order valence-corrected chi connectivity index (χ3v) is 2.99. The molecule has 76 valence electrons. The SMILES string of the molecule is CC1(c2cnc(C(=O)O)o2)CCCC1. The van der Waals surface area contributed by atoms with Crippen molar-refractivity contribution in [2.24, 2.45) is 0 Å². The lowest BCUT2D eigenvalue weighted by atomic mass is 9.87. The lowest BCUT2D eigenvalue weighted by molar-refractivity contribution is 0.0649. The number of nitrogens with zero attached hydrogens (tertiary/aromatic N) is 1. The molecule has 4 heteroatoms. The molecule has 1 aliphatic carbocycles. The molecule has 0 bridgehead atoms. The van der Waals surface area contributed by atoms with Gasteiger partial charge in [-0.2, -0.15) is 0 Å². The van der Waals surface area contributed by atoms with Crippen LogP contribution in [0.3, 0.4) is 0 Å². The van der Waals surface area contributed by atoms with Gasteiger partial charge < -0.3 is 9.52 Å². The molecule has 0 unspecified atom stereocenters. The van der Waals surface area contributed by atoms with Gasteiger partial charge in [0.05, 0.1) is 6.20 Å². The summed E-state index contributed by atoms with van der Waals surface area (Å²) in [5.41, 5.74) is 0.000694. The maximum Gasteiger partial charge on any atom is 0.392 e. The van der Waals surface area contributed by atoms with E-state index in [1.54, 1.807) is 6.20 Å². The molecule has 4 nitrogen and oxygen atoms in total. The molecule has 1 saturated carbocycles. The van der Waals surface area contributed by atoms with Crippen molar-refractivity contribution in [3.8, 4) is 0 Å². The summed E-state index contributed by atoms with van der Waals surface area (Å²) >= 11 is 0. The Hall–Kier alpha value is -1.32. The maximum atomic E-state index is 10.6. The van der Waals surface area contributed by atoms with E-state index < -0.39 is 5.97 Å². The first-order valence-electron chi connectivity index (χ1n) is 4.81. The topological polar surface area (TPSA) is 63.3 Å². The highest BCUT2D eigenvalue weighted by Crippen LogP contribution is 2.40. The fourth-order valence-electron chi connectivity index (χ4n) is 2.05. The minimum absolute atomic E-state index is 0.000694. The monoisotopic (exact) mass is 195 g/mol. The van der Waals surface area contributed by atoms with E-state index >= 15 is 0 Å². The van der Waals surface area contributed by atoms with Crippen LogP contribution in [0.5, 0.6) is 0 Å². The Bertz CT molecular complexity index is 350. The lowest BCUT2D eigenvalue weighted by Crippen LogP contribution is -2.15. The van der Waals surface area contributed by atoms with Gasteiger partial charge in [-0.15, -0.1) is 0 Å². The maximum absolute atomic E-state index is 10.6. The molecule has 1 aliphatic rings. The van der Waals surface area contributed by atoms with Gasteiger partial charge in [-0.1, -0.05) is 19.8 Å². The van der Waals surface area contributed by atoms with Crippen molar-refractivity contribution in [3.63, 3.8) is 0 Å². The molecule has 1 aromatic rings. The average molecular weight is 195 g/mol. The summed E-state index contributed by atoms with van der Waals surface area (Å²) in [5.74, 6) is -0.585. The van der Waals surface area contributed by atoms with Crippen molar-refractivity contribution in [2.45, 2.75) is 38.0 Å². The van der Waals surface area contributed by atoms with Crippen LogP contribution in [0.15, 0.2) is 10.6 Å². The van der Waals surface area contributed by atoms with Crippen molar-refractivity contribution >= 4 is 5.97 Å². The van der Waals surface area contributed by atoms with Crippen LogP contribution in [-0.4, -0.2) is 16.1 Å². The standard InChI is InChI=1S/C10H13NO3/c1-10(4-2-3-5-10)7-6-11-8(14-7)9(12)13/h6H,2-5H2,1H3,(H,12,13). The van der Waals surface area contributed by atoms with Crippen LogP contribution in [-0.2, 0) is 5.41 Å². The normalized spacial score (nSPS) is 19.8.